The molecule has 0 aliphatic carbocycles. The highest BCUT2D eigenvalue weighted by molar-refractivity contribution is 5.85. The minimum atomic E-state index is -1.36. The van der Waals surface area contributed by atoms with Gasteiger partial charge >= 0.3 is 0 Å². The lowest BCUT2D eigenvalue weighted by Crippen LogP contribution is -2.33. The van der Waals surface area contributed by atoms with Crippen molar-refractivity contribution >= 4 is 45.9 Å². The molecule has 2 saturated heterocycles. The Morgan fingerprint density at radius 2 is 1.11 bits per heavy atom. The maximum absolute atomic E-state index is 10.7. The maximum Gasteiger partial charge on any atom is 0.224 e. The number of nitrogens with zero attached hydrogens (tertiary/aromatic N) is 8. The van der Waals surface area contributed by atoms with Crippen LogP contribution in [-0.4, -0.2) is 144 Å². The van der Waals surface area contributed by atoms with Crippen molar-refractivity contribution in [1.29, 1.82) is 0 Å². The van der Waals surface area contributed by atoms with Gasteiger partial charge in [0.25, 0.3) is 0 Å². The number of fused-ring (bicyclic) bond motifs is 2. The number of aliphatic hydroxyl groups excluding tert-OH is 7. The van der Waals surface area contributed by atoms with E-state index in [1.807, 2.05) is 0 Å². The standard InChI is InChI=1S/C23H32N12O9/c24-22-30-16(10-18(32-22)34(5-28-10)20-14(41)12(39)8(3-36)43-20)26-1-7(38)2-27-17-11-19(33-23(25)31-17)35(6-29-11)21-15(42)13(40)9(4-37)44-21/h5-9,12-15,20-21,36-42H,1-4H2,(H3,24,26,30,32)(H3,25,27,31,33)/t7?,8-,9+,12+,13-,14?,15?,20-,21+. The molecule has 6 rings (SSSR count). The first-order chi connectivity index (χ1) is 21.1. The van der Waals surface area contributed by atoms with Gasteiger partial charge in [0.05, 0.1) is 32.0 Å². The Labute approximate surface area is 246 Å². The van der Waals surface area contributed by atoms with Gasteiger partial charge in [0, 0.05) is 13.1 Å². The van der Waals surface area contributed by atoms with Gasteiger partial charge in [-0.2, -0.15) is 19.9 Å². The molecule has 0 aromatic carbocycles. The largest absolute Gasteiger partial charge is 0.394 e. The second-order valence-electron chi connectivity index (χ2n) is 10.4. The molecule has 44 heavy (non-hydrogen) atoms. The van der Waals surface area contributed by atoms with Crippen molar-refractivity contribution in [3.63, 3.8) is 0 Å². The van der Waals surface area contributed by atoms with Crippen molar-refractivity contribution in [1.82, 2.24) is 39.0 Å². The highest BCUT2D eigenvalue weighted by Crippen LogP contribution is 2.34. The van der Waals surface area contributed by atoms with E-state index in [4.69, 9.17) is 20.9 Å². The average Bonchev–Trinajstić information content (AvgIpc) is 3.75. The van der Waals surface area contributed by atoms with Crippen molar-refractivity contribution in [2.45, 2.75) is 55.2 Å². The Bertz CT molecular complexity index is 1520. The van der Waals surface area contributed by atoms with Crippen LogP contribution in [0, 0.1) is 0 Å². The lowest BCUT2D eigenvalue weighted by atomic mass is 10.1. The molecule has 0 radical (unpaired) electrons. The van der Waals surface area contributed by atoms with Crippen LogP contribution in [0.5, 0.6) is 0 Å². The summed E-state index contributed by atoms with van der Waals surface area (Å²) < 4.78 is 13.9. The maximum atomic E-state index is 10.7. The molecule has 21 heteroatoms. The fraction of sp³-hybridized carbons (Fsp3) is 0.565. The predicted octanol–water partition coefficient (Wildman–Crippen LogP) is -4.76. The van der Waals surface area contributed by atoms with Crippen LogP contribution < -0.4 is 22.1 Å². The Morgan fingerprint density at radius 1 is 0.705 bits per heavy atom. The third kappa shape index (κ3) is 5.18. The first-order valence-electron chi connectivity index (χ1n) is 13.5. The molecule has 0 spiro atoms. The van der Waals surface area contributed by atoms with Crippen molar-refractivity contribution in [2.24, 2.45) is 0 Å². The number of hydrogen-bond acceptors (Lipinski definition) is 19. The summed E-state index contributed by atoms with van der Waals surface area (Å²) >= 11 is 0. The number of nitrogen functional groups attached to an aromatic ring is 2. The smallest absolute Gasteiger partial charge is 0.224 e. The van der Waals surface area contributed by atoms with Crippen molar-refractivity contribution in [2.75, 3.05) is 48.4 Å². The van der Waals surface area contributed by atoms with E-state index in [0.29, 0.717) is 0 Å². The number of aliphatic hydroxyl groups is 7. The third-order valence-corrected chi connectivity index (χ3v) is 7.47. The summed E-state index contributed by atoms with van der Waals surface area (Å²) in [7, 11) is 0. The second kappa shape index (κ2) is 11.8. The number of rotatable bonds is 10. The molecule has 13 N–H and O–H groups in total. The third-order valence-electron chi connectivity index (χ3n) is 7.47. The Balaban J connectivity index is 1.15. The van der Waals surface area contributed by atoms with Crippen LogP contribution in [0.2, 0.25) is 0 Å². The topological polar surface area (TPSA) is 323 Å². The molecule has 4 aromatic rings. The Kier molecular flexibility index (Phi) is 8.04. The highest BCUT2D eigenvalue weighted by atomic mass is 16.6. The quantitative estimate of drug-likeness (QED) is 0.0792. The normalized spacial score (nSPS) is 29.5. The lowest BCUT2D eigenvalue weighted by molar-refractivity contribution is -0.0511. The minimum Gasteiger partial charge on any atom is -0.394 e. The molecule has 0 saturated carbocycles. The van der Waals surface area contributed by atoms with Crippen LogP contribution in [0.4, 0.5) is 23.5 Å². The van der Waals surface area contributed by atoms with Gasteiger partial charge in [-0.1, -0.05) is 0 Å². The molecule has 0 bridgehead atoms. The molecular formula is C23H32N12O9. The summed E-state index contributed by atoms with van der Waals surface area (Å²) in [5, 5.41) is 76.5. The number of imidazole rings is 2. The number of aromatic nitrogens is 8. The van der Waals surface area contributed by atoms with Gasteiger partial charge in [0.2, 0.25) is 11.9 Å². The fourth-order valence-electron chi connectivity index (χ4n) is 5.21. The summed E-state index contributed by atoms with van der Waals surface area (Å²) in [6.45, 7) is -1.08. The minimum absolute atomic E-state index is 0.0417. The van der Waals surface area contributed by atoms with E-state index in [9.17, 15) is 35.7 Å². The molecule has 4 aromatic heterocycles. The summed E-state index contributed by atoms with van der Waals surface area (Å²) in [5.41, 5.74) is 12.7. The summed E-state index contributed by atoms with van der Waals surface area (Å²) in [4.78, 5) is 25.2. The van der Waals surface area contributed by atoms with Crippen LogP contribution in [0.15, 0.2) is 12.7 Å². The molecule has 2 aliphatic rings. The number of hydrogen-bond donors (Lipinski definition) is 11. The van der Waals surface area contributed by atoms with Gasteiger partial charge in [-0.05, 0) is 0 Å². The van der Waals surface area contributed by atoms with E-state index in [2.05, 4.69) is 40.5 Å². The van der Waals surface area contributed by atoms with Crippen molar-refractivity contribution < 1.29 is 45.2 Å². The van der Waals surface area contributed by atoms with E-state index in [1.165, 1.54) is 21.8 Å². The van der Waals surface area contributed by atoms with Gasteiger partial charge in [-0.3, -0.25) is 9.13 Å². The molecule has 9 atom stereocenters. The molecule has 3 unspecified atom stereocenters. The Morgan fingerprint density at radius 3 is 1.48 bits per heavy atom. The van der Waals surface area contributed by atoms with E-state index in [-0.39, 0.29) is 58.9 Å². The first kappa shape index (κ1) is 30.0. The predicted molar refractivity (Wildman–Crippen MR) is 148 cm³/mol. The van der Waals surface area contributed by atoms with Gasteiger partial charge in [0.1, 0.15) is 36.6 Å². The molecule has 6 heterocycles. The monoisotopic (exact) mass is 620 g/mol. The Hall–Kier alpha value is -4.06. The van der Waals surface area contributed by atoms with Crippen LogP contribution in [0.3, 0.4) is 0 Å². The van der Waals surface area contributed by atoms with Gasteiger partial charge < -0.3 is 67.3 Å². The zero-order valence-electron chi connectivity index (χ0n) is 22.9. The van der Waals surface area contributed by atoms with Gasteiger partial charge in [-0.15, -0.1) is 0 Å². The van der Waals surface area contributed by atoms with Crippen LogP contribution in [-0.2, 0) is 9.47 Å². The van der Waals surface area contributed by atoms with E-state index < -0.39 is 68.4 Å². The number of ether oxygens (including phenoxy) is 2. The molecular weight excluding hydrogens is 588 g/mol. The zero-order chi connectivity index (χ0) is 31.3. The number of nitrogens with one attached hydrogen (secondary N) is 2. The van der Waals surface area contributed by atoms with E-state index in [0.717, 1.165) is 0 Å². The van der Waals surface area contributed by atoms with E-state index >= 15 is 0 Å². The van der Waals surface area contributed by atoms with Gasteiger partial charge in [0.15, 0.2) is 46.4 Å². The summed E-state index contributed by atoms with van der Waals surface area (Å²) in [6, 6.07) is 0. The fourth-order valence-corrected chi connectivity index (χ4v) is 5.21. The SMILES string of the molecule is Nc1nc(NCC(O)CNc2nc(N)nc3c2ncn3[C@H]2O[C@@H](CO)[C@@H](O)C2O)c2ncn([C@@H]3O[C@H](CO)[C@H](O)C3O)c2n1. The van der Waals surface area contributed by atoms with Crippen molar-refractivity contribution in [3.8, 4) is 0 Å². The molecule has 0 amide bonds. The van der Waals surface area contributed by atoms with Crippen LogP contribution >= 0.6 is 0 Å². The lowest BCUT2D eigenvalue weighted by Gasteiger charge is -2.17. The van der Waals surface area contributed by atoms with Crippen molar-refractivity contribution in [3.05, 3.63) is 12.7 Å². The molecule has 2 fully saturated rings. The van der Waals surface area contributed by atoms with E-state index in [1.54, 1.807) is 0 Å². The summed E-state index contributed by atoms with van der Waals surface area (Å²) in [6.07, 6.45) is -7.92. The van der Waals surface area contributed by atoms with Crippen LogP contribution in [0.25, 0.3) is 22.3 Å². The highest BCUT2D eigenvalue weighted by Gasteiger charge is 2.45. The first-order valence-corrected chi connectivity index (χ1v) is 13.5. The summed E-state index contributed by atoms with van der Waals surface area (Å²) in [5.74, 6) is 0.0976. The van der Waals surface area contributed by atoms with Crippen LogP contribution in [0.1, 0.15) is 12.5 Å². The number of nitrogens with two attached hydrogens (primary N) is 2. The molecule has 2 aliphatic heterocycles. The molecule has 21 nitrogen and oxygen atoms in total. The average molecular weight is 621 g/mol. The number of anilines is 4. The van der Waals surface area contributed by atoms with Gasteiger partial charge in [-0.25, -0.2) is 9.97 Å². The molecule has 238 valence electrons. The zero-order valence-corrected chi connectivity index (χ0v) is 22.9. The second-order valence-corrected chi connectivity index (χ2v) is 10.4.